The van der Waals surface area contributed by atoms with E-state index in [-0.39, 0.29) is 17.2 Å². The number of likely N-dealkylation sites (N-methyl/N-ethyl adjacent to an activating group) is 1. The van der Waals surface area contributed by atoms with Crippen LogP contribution in [0.25, 0.3) is 0 Å². The molecule has 0 aromatic heterocycles. The molecule has 1 atom stereocenters. The van der Waals surface area contributed by atoms with Crippen LogP contribution in [0.4, 0.5) is 5.69 Å². The van der Waals surface area contributed by atoms with Crippen LogP contribution in [0.2, 0.25) is 0 Å². The molecule has 0 radical (unpaired) electrons. The first kappa shape index (κ1) is 16.6. The normalized spacial score (nSPS) is 11.4. The van der Waals surface area contributed by atoms with E-state index in [0.717, 1.165) is 0 Å². The number of hydrogen-bond donors (Lipinski definition) is 3. The fraction of sp³-hybridized carbons (Fsp3) is 0.429. The zero-order valence-electron chi connectivity index (χ0n) is 12.6. The molecule has 1 rings (SSSR count). The fourth-order valence-electron chi connectivity index (χ4n) is 1.76. The maximum Gasteiger partial charge on any atom is 0.254 e. The lowest BCUT2D eigenvalue weighted by Crippen LogP contribution is -2.44. The van der Waals surface area contributed by atoms with Crippen molar-refractivity contribution in [3.05, 3.63) is 17.7 Å². The van der Waals surface area contributed by atoms with Crippen LogP contribution in [0.1, 0.15) is 24.2 Å². The molecule has 2 amide bonds. The van der Waals surface area contributed by atoms with Gasteiger partial charge in [-0.25, -0.2) is 0 Å². The largest absolute Gasteiger partial charge is 0.493 e. The third kappa shape index (κ3) is 4.01. The summed E-state index contributed by atoms with van der Waals surface area (Å²) in [6, 6.07) is 2.32. The number of methoxy groups -OCH3 is 2. The van der Waals surface area contributed by atoms with Crippen molar-refractivity contribution in [1.29, 1.82) is 0 Å². The smallest absolute Gasteiger partial charge is 0.254 e. The first-order valence-corrected chi connectivity index (χ1v) is 6.54. The molecule has 1 aromatic rings. The van der Waals surface area contributed by atoms with Gasteiger partial charge in [0.25, 0.3) is 5.91 Å². The van der Waals surface area contributed by atoms with Gasteiger partial charge in [-0.2, -0.15) is 0 Å². The van der Waals surface area contributed by atoms with E-state index in [2.05, 4.69) is 10.6 Å². The molecule has 0 spiro atoms. The van der Waals surface area contributed by atoms with Crippen molar-refractivity contribution in [2.75, 3.05) is 26.5 Å². The maximum absolute atomic E-state index is 12.2. The van der Waals surface area contributed by atoms with E-state index in [1.165, 1.54) is 26.4 Å². The number of benzene rings is 1. The van der Waals surface area contributed by atoms with E-state index < -0.39 is 11.9 Å². The van der Waals surface area contributed by atoms with Crippen molar-refractivity contribution >= 4 is 17.5 Å². The van der Waals surface area contributed by atoms with Gasteiger partial charge in [0.1, 0.15) is 6.04 Å². The van der Waals surface area contributed by atoms with Gasteiger partial charge >= 0.3 is 0 Å². The molecule has 0 bridgehead atoms. The number of anilines is 1. The standard InChI is InChI=1S/C14H21N3O4/c1-5-16-13(18)8(2)17-14(19)9-6-11(20-3)12(21-4)7-10(9)15/h6-8H,5,15H2,1-4H3,(H,16,18)(H,17,19). The van der Waals surface area contributed by atoms with Crippen LogP contribution in [-0.2, 0) is 4.79 Å². The van der Waals surface area contributed by atoms with Gasteiger partial charge in [0.15, 0.2) is 11.5 Å². The second-order valence-corrected chi connectivity index (χ2v) is 4.38. The monoisotopic (exact) mass is 295 g/mol. The van der Waals surface area contributed by atoms with Gasteiger partial charge in [-0.05, 0) is 19.9 Å². The number of nitrogen functional groups attached to an aromatic ring is 1. The molecule has 0 heterocycles. The molecular weight excluding hydrogens is 274 g/mol. The van der Waals surface area contributed by atoms with Crippen molar-refractivity contribution in [3.63, 3.8) is 0 Å². The van der Waals surface area contributed by atoms with Gasteiger partial charge in [-0.1, -0.05) is 0 Å². The number of nitrogens with two attached hydrogens (primary N) is 1. The number of carbonyl (C=O) groups is 2. The molecular formula is C14H21N3O4. The minimum atomic E-state index is -0.662. The zero-order chi connectivity index (χ0) is 16.0. The van der Waals surface area contributed by atoms with Gasteiger partial charge < -0.3 is 25.8 Å². The predicted octanol–water partition coefficient (Wildman–Crippen LogP) is 0.540. The molecule has 7 nitrogen and oxygen atoms in total. The second-order valence-electron chi connectivity index (χ2n) is 4.38. The van der Waals surface area contributed by atoms with Crippen molar-refractivity contribution in [2.45, 2.75) is 19.9 Å². The Labute approximate surface area is 123 Å². The van der Waals surface area contributed by atoms with E-state index in [1.807, 2.05) is 0 Å². The van der Waals surface area contributed by atoms with Gasteiger partial charge in [0.05, 0.1) is 19.8 Å². The Bertz CT molecular complexity index is 531. The minimum absolute atomic E-state index is 0.226. The Kier molecular flexibility index (Phi) is 5.83. The van der Waals surface area contributed by atoms with Crippen LogP contribution in [0, 0.1) is 0 Å². The number of hydrogen-bond acceptors (Lipinski definition) is 5. The second kappa shape index (κ2) is 7.37. The third-order valence-electron chi connectivity index (χ3n) is 2.89. The van der Waals surface area contributed by atoms with E-state index in [1.54, 1.807) is 13.8 Å². The summed E-state index contributed by atoms with van der Waals surface area (Å²) in [5.41, 5.74) is 6.30. The van der Waals surface area contributed by atoms with E-state index in [9.17, 15) is 9.59 Å². The summed E-state index contributed by atoms with van der Waals surface area (Å²) in [7, 11) is 2.95. The summed E-state index contributed by atoms with van der Waals surface area (Å²) in [4.78, 5) is 23.8. The zero-order valence-corrected chi connectivity index (χ0v) is 12.6. The summed E-state index contributed by atoms with van der Waals surface area (Å²) < 4.78 is 10.2. The van der Waals surface area contributed by atoms with E-state index >= 15 is 0 Å². The third-order valence-corrected chi connectivity index (χ3v) is 2.89. The Morgan fingerprint density at radius 3 is 2.33 bits per heavy atom. The predicted molar refractivity (Wildman–Crippen MR) is 79.6 cm³/mol. The number of amides is 2. The Hall–Kier alpha value is -2.44. The van der Waals surface area contributed by atoms with Crippen molar-refractivity contribution in [3.8, 4) is 11.5 Å². The minimum Gasteiger partial charge on any atom is -0.493 e. The molecule has 0 saturated heterocycles. The Morgan fingerprint density at radius 1 is 1.24 bits per heavy atom. The topological polar surface area (TPSA) is 103 Å². The number of ether oxygens (including phenoxy) is 2. The molecule has 0 fully saturated rings. The van der Waals surface area contributed by atoms with Crippen LogP contribution in [0.15, 0.2) is 12.1 Å². The van der Waals surface area contributed by atoms with Gasteiger partial charge in [-0.3, -0.25) is 9.59 Å². The van der Waals surface area contributed by atoms with Crippen LogP contribution in [0.5, 0.6) is 11.5 Å². The van der Waals surface area contributed by atoms with Crippen molar-refractivity contribution < 1.29 is 19.1 Å². The highest BCUT2D eigenvalue weighted by molar-refractivity contribution is 6.02. The van der Waals surface area contributed by atoms with Crippen LogP contribution in [-0.4, -0.2) is 38.6 Å². The fourth-order valence-corrected chi connectivity index (χ4v) is 1.76. The Balaban J connectivity index is 2.95. The molecule has 7 heteroatoms. The van der Waals surface area contributed by atoms with E-state index in [0.29, 0.717) is 18.0 Å². The Morgan fingerprint density at radius 2 is 1.81 bits per heavy atom. The molecule has 4 N–H and O–H groups in total. The highest BCUT2D eigenvalue weighted by Crippen LogP contribution is 2.31. The highest BCUT2D eigenvalue weighted by atomic mass is 16.5. The van der Waals surface area contributed by atoms with Gasteiger partial charge in [0, 0.05) is 18.3 Å². The lowest BCUT2D eigenvalue weighted by molar-refractivity contribution is -0.122. The highest BCUT2D eigenvalue weighted by Gasteiger charge is 2.19. The first-order valence-electron chi connectivity index (χ1n) is 6.54. The summed E-state index contributed by atoms with van der Waals surface area (Å²) in [6.07, 6.45) is 0. The van der Waals surface area contributed by atoms with Crippen molar-refractivity contribution in [2.24, 2.45) is 0 Å². The number of nitrogens with one attached hydrogen (secondary N) is 2. The SMILES string of the molecule is CCNC(=O)C(C)NC(=O)c1cc(OC)c(OC)cc1N. The summed E-state index contributed by atoms with van der Waals surface area (Å²) >= 11 is 0. The average molecular weight is 295 g/mol. The lowest BCUT2D eigenvalue weighted by atomic mass is 10.1. The molecule has 0 aliphatic carbocycles. The number of carbonyl (C=O) groups excluding carboxylic acids is 2. The summed E-state index contributed by atoms with van der Waals surface area (Å²) in [5.74, 6) is 0.114. The maximum atomic E-state index is 12.2. The van der Waals surface area contributed by atoms with Crippen molar-refractivity contribution in [1.82, 2.24) is 10.6 Å². The molecule has 0 saturated carbocycles. The molecule has 116 valence electrons. The lowest BCUT2D eigenvalue weighted by Gasteiger charge is -2.16. The molecule has 1 unspecified atom stereocenters. The van der Waals surface area contributed by atoms with Crippen LogP contribution < -0.4 is 25.8 Å². The molecule has 1 aromatic carbocycles. The van der Waals surface area contributed by atoms with Crippen LogP contribution >= 0.6 is 0 Å². The molecule has 0 aliphatic heterocycles. The first-order chi connectivity index (χ1) is 9.94. The molecule has 21 heavy (non-hydrogen) atoms. The quantitative estimate of drug-likeness (QED) is 0.665. The summed E-state index contributed by atoms with van der Waals surface area (Å²) in [5, 5.41) is 5.21. The van der Waals surface area contributed by atoms with Gasteiger partial charge in [-0.15, -0.1) is 0 Å². The van der Waals surface area contributed by atoms with E-state index in [4.69, 9.17) is 15.2 Å². The van der Waals surface area contributed by atoms with Gasteiger partial charge in [0.2, 0.25) is 5.91 Å². The number of rotatable bonds is 6. The summed E-state index contributed by atoms with van der Waals surface area (Å²) in [6.45, 7) is 3.90. The average Bonchev–Trinajstić information content (AvgIpc) is 2.46. The van der Waals surface area contributed by atoms with Crippen LogP contribution in [0.3, 0.4) is 0 Å². The molecule has 0 aliphatic rings.